The van der Waals surface area contributed by atoms with E-state index in [1.807, 2.05) is 0 Å². The fourth-order valence-corrected chi connectivity index (χ4v) is 2.02. The summed E-state index contributed by atoms with van der Waals surface area (Å²) < 4.78 is 6.18. The normalized spacial score (nSPS) is 13.1. The Morgan fingerprint density at radius 2 is 1.74 bits per heavy atom. The predicted molar refractivity (Wildman–Crippen MR) is 82.9 cm³/mol. The van der Waals surface area contributed by atoms with Crippen molar-refractivity contribution in [3.05, 3.63) is 29.3 Å². The van der Waals surface area contributed by atoms with E-state index in [-0.39, 0.29) is 6.10 Å². The fraction of sp³-hybridized carbons (Fsp3) is 0.647. The zero-order valence-electron chi connectivity index (χ0n) is 13.3. The number of benzene rings is 1. The zero-order chi connectivity index (χ0) is 14.4. The van der Waals surface area contributed by atoms with E-state index in [1.165, 1.54) is 11.1 Å². The Hall–Kier alpha value is -1.02. The molecule has 0 aromatic heterocycles. The van der Waals surface area contributed by atoms with Crippen LogP contribution >= 0.6 is 0 Å². The molecule has 2 nitrogen and oxygen atoms in total. The number of rotatable bonds is 7. The lowest BCUT2D eigenvalue weighted by Gasteiger charge is -2.24. The van der Waals surface area contributed by atoms with Gasteiger partial charge in [0.05, 0.1) is 0 Å². The van der Waals surface area contributed by atoms with E-state index in [0.29, 0.717) is 11.8 Å². The lowest BCUT2D eigenvalue weighted by Crippen LogP contribution is -2.37. The maximum Gasteiger partial charge on any atom is 0.122 e. The van der Waals surface area contributed by atoms with Crippen molar-refractivity contribution in [1.82, 2.24) is 5.32 Å². The van der Waals surface area contributed by atoms with Crippen LogP contribution in [-0.4, -0.2) is 19.2 Å². The Balaban J connectivity index is 2.62. The first-order valence-electron chi connectivity index (χ1n) is 7.34. The van der Waals surface area contributed by atoms with Gasteiger partial charge in [0.15, 0.2) is 0 Å². The van der Waals surface area contributed by atoms with Gasteiger partial charge < -0.3 is 10.1 Å². The molecule has 1 N–H and O–H groups in total. The second kappa shape index (κ2) is 7.54. The maximum atomic E-state index is 6.18. The molecule has 2 heteroatoms. The van der Waals surface area contributed by atoms with Gasteiger partial charge in [-0.1, -0.05) is 45.4 Å². The third-order valence-corrected chi connectivity index (χ3v) is 3.25. The van der Waals surface area contributed by atoms with Crippen molar-refractivity contribution in [2.45, 2.75) is 47.6 Å². The Bertz CT molecular complexity index is 385. The molecule has 0 heterocycles. The average molecular weight is 263 g/mol. The Morgan fingerprint density at radius 1 is 1.05 bits per heavy atom. The van der Waals surface area contributed by atoms with Gasteiger partial charge in [0.1, 0.15) is 11.9 Å². The van der Waals surface area contributed by atoms with Crippen LogP contribution in [0.25, 0.3) is 0 Å². The highest BCUT2D eigenvalue weighted by molar-refractivity contribution is 5.35. The van der Waals surface area contributed by atoms with Crippen LogP contribution in [0.4, 0.5) is 0 Å². The summed E-state index contributed by atoms with van der Waals surface area (Å²) in [6.07, 6.45) is 0.222. The molecular weight excluding hydrogens is 234 g/mol. The van der Waals surface area contributed by atoms with Crippen LogP contribution in [0.5, 0.6) is 5.75 Å². The summed E-state index contributed by atoms with van der Waals surface area (Å²) in [5, 5.41) is 3.49. The standard InChI is InChI=1S/C17H29NO/c1-12(2)10-18-11-17(13(3)4)19-16-8-7-14(5)9-15(16)6/h7-9,12-13,17-18H,10-11H2,1-6H3. The Kier molecular flexibility index (Phi) is 6.36. The number of hydrogen-bond acceptors (Lipinski definition) is 2. The molecule has 0 bridgehead atoms. The highest BCUT2D eigenvalue weighted by Gasteiger charge is 2.16. The molecule has 0 fully saturated rings. The molecule has 0 amide bonds. The van der Waals surface area contributed by atoms with Crippen LogP contribution < -0.4 is 10.1 Å². The molecule has 1 aromatic rings. The fourth-order valence-electron chi connectivity index (χ4n) is 2.02. The van der Waals surface area contributed by atoms with Gasteiger partial charge in [-0.05, 0) is 43.9 Å². The molecule has 0 aliphatic heterocycles. The molecule has 1 unspecified atom stereocenters. The van der Waals surface area contributed by atoms with Crippen molar-refractivity contribution in [2.75, 3.05) is 13.1 Å². The van der Waals surface area contributed by atoms with Gasteiger partial charge in [0, 0.05) is 6.54 Å². The molecule has 19 heavy (non-hydrogen) atoms. The van der Waals surface area contributed by atoms with Crippen LogP contribution in [-0.2, 0) is 0 Å². The van der Waals surface area contributed by atoms with E-state index in [9.17, 15) is 0 Å². The zero-order valence-corrected chi connectivity index (χ0v) is 13.3. The van der Waals surface area contributed by atoms with Gasteiger partial charge in [-0.25, -0.2) is 0 Å². The molecule has 0 aliphatic carbocycles. The van der Waals surface area contributed by atoms with E-state index in [0.717, 1.165) is 18.8 Å². The van der Waals surface area contributed by atoms with Crippen molar-refractivity contribution in [1.29, 1.82) is 0 Å². The molecule has 1 rings (SSSR count). The first kappa shape index (κ1) is 16.0. The Morgan fingerprint density at radius 3 is 2.26 bits per heavy atom. The molecule has 0 saturated carbocycles. The minimum absolute atomic E-state index is 0.222. The predicted octanol–water partition coefficient (Wildman–Crippen LogP) is 3.95. The van der Waals surface area contributed by atoms with Gasteiger partial charge in [0.25, 0.3) is 0 Å². The minimum Gasteiger partial charge on any atom is -0.489 e. The average Bonchev–Trinajstić information content (AvgIpc) is 2.30. The van der Waals surface area contributed by atoms with Crippen LogP contribution in [0, 0.1) is 25.7 Å². The molecule has 0 spiro atoms. The third-order valence-electron chi connectivity index (χ3n) is 3.25. The van der Waals surface area contributed by atoms with Gasteiger partial charge >= 0.3 is 0 Å². The van der Waals surface area contributed by atoms with Crippen LogP contribution in [0.2, 0.25) is 0 Å². The van der Waals surface area contributed by atoms with Gasteiger partial charge in [-0.2, -0.15) is 0 Å². The summed E-state index contributed by atoms with van der Waals surface area (Å²) in [5.41, 5.74) is 2.50. The summed E-state index contributed by atoms with van der Waals surface area (Å²) in [5.74, 6) is 2.19. The highest BCUT2D eigenvalue weighted by atomic mass is 16.5. The van der Waals surface area contributed by atoms with Crippen molar-refractivity contribution in [3.63, 3.8) is 0 Å². The van der Waals surface area contributed by atoms with Gasteiger partial charge in [-0.3, -0.25) is 0 Å². The number of hydrogen-bond donors (Lipinski definition) is 1. The smallest absolute Gasteiger partial charge is 0.122 e. The highest BCUT2D eigenvalue weighted by Crippen LogP contribution is 2.21. The Labute approximate surface area is 118 Å². The van der Waals surface area contributed by atoms with Crippen molar-refractivity contribution in [2.24, 2.45) is 11.8 Å². The van der Waals surface area contributed by atoms with E-state index in [4.69, 9.17) is 4.74 Å². The van der Waals surface area contributed by atoms with Crippen LogP contribution in [0.1, 0.15) is 38.8 Å². The molecule has 1 atom stereocenters. The monoisotopic (exact) mass is 263 g/mol. The first-order chi connectivity index (χ1) is 8.90. The second-order valence-electron chi connectivity index (χ2n) is 6.22. The second-order valence-corrected chi connectivity index (χ2v) is 6.22. The van der Waals surface area contributed by atoms with Gasteiger partial charge in [0.2, 0.25) is 0 Å². The molecule has 0 radical (unpaired) electrons. The summed E-state index contributed by atoms with van der Waals surface area (Å²) in [6, 6.07) is 6.37. The van der Waals surface area contributed by atoms with E-state index < -0.39 is 0 Å². The molecule has 0 saturated heterocycles. The van der Waals surface area contributed by atoms with Crippen molar-refractivity contribution >= 4 is 0 Å². The van der Waals surface area contributed by atoms with Crippen LogP contribution in [0.3, 0.4) is 0 Å². The molecule has 0 aliphatic rings. The molecule has 1 aromatic carbocycles. The first-order valence-corrected chi connectivity index (χ1v) is 7.34. The lowest BCUT2D eigenvalue weighted by atomic mass is 10.1. The largest absolute Gasteiger partial charge is 0.489 e. The van der Waals surface area contributed by atoms with Crippen LogP contribution in [0.15, 0.2) is 18.2 Å². The van der Waals surface area contributed by atoms with E-state index >= 15 is 0 Å². The minimum atomic E-state index is 0.222. The lowest BCUT2D eigenvalue weighted by molar-refractivity contribution is 0.147. The third kappa shape index (κ3) is 5.65. The topological polar surface area (TPSA) is 21.3 Å². The van der Waals surface area contributed by atoms with E-state index in [1.54, 1.807) is 0 Å². The van der Waals surface area contributed by atoms with Crippen molar-refractivity contribution < 1.29 is 4.74 Å². The summed E-state index contributed by atoms with van der Waals surface area (Å²) in [6.45, 7) is 15.0. The number of nitrogens with one attached hydrogen (secondary N) is 1. The number of ether oxygens (including phenoxy) is 1. The summed E-state index contributed by atoms with van der Waals surface area (Å²) in [7, 11) is 0. The SMILES string of the molecule is Cc1ccc(OC(CNCC(C)C)C(C)C)c(C)c1. The summed E-state index contributed by atoms with van der Waals surface area (Å²) in [4.78, 5) is 0. The maximum absolute atomic E-state index is 6.18. The summed E-state index contributed by atoms with van der Waals surface area (Å²) >= 11 is 0. The van der Waals surface area contributed by atoms with Crippen molar-refractivity contribution in [3.8, 4) is 5.75 Å². The molecule has 108 valence electrons. The quantitative estimate of drug-likeness (QED) is 0.804. The molecular formula is C17H29NO. The van der Waals surface area contributed by atoms with Gasteiger partial charge in [-0.15, -0.1) is 0 Å². The van der Waals surface area contributed by atoms with E-state index in [2.05, 4.69) is 65.1 Å². The number of aryl methyl sites for hydroxylation is 2.